The summed E-state index contributed by atoms with van der Waals surface area (Å²) in [5.74, 6) is 0.128. The first kappa shape index (κ1) is 14.0. The summed E-state index contributed by atoms with van der Waals surface area (Å²) in [4.78, 5) is 17.0. The zero-order valence-electron chi connectivity index (χ0n) is 12.4. The maximum Gasteiger partial charge on any atom is 0.241 e. The van der Waals surface area contributed by atoms with Crippen molar-refractivity contribution in [2.24, 2.45) is 5.41 Å². The smallest absolute Gasteiger partial charge is 0.241 e. The van der Waals surface area contributed by atoms with Crippen LogP contribution in [0.1, 0.15) is 12.8 Å². The first-order valence-corrected chi connectivity index (χ1v) is 7.76. The average Bonchev–Trinajstić information content (AvgIpc) is 3.00. The highest BCUT2D eigenvalue weighted by atomic mass is 16.2. The van der Waals surface area contributed by atoms with Crippen LogP contribution >= 0.6 is 0 Å². The Morgan fingerprint density at radius 2 is 2.10 bits per heavy atom. The molecule has 5 nitrogen and oxygen atoms in total. The van der Waals surface area contributed by atoms with Gasteiger partial charge < -0.3 is 15.1 Å². The molecule has 0 bridgehead atoms. The van der Waals surface area contributed by atoms with Crippen molar-refractivity contribution in [1.82, 2.24) is 20.4 Å². The predicted octanol–water partition coefficient (Wildman–Crippen LogP) is -0.342. The van der Waals surface area contributed by atoms with Gasteiger partial charge in [-0.3, -0.25) is 10.1 Å². The van der Waals surface area contributed by atoms with E-state index in [2.05, 4.69) is 27.5 Å². The number of nitrogens with zero attached hydrogens (tertiary/aromatic N) is 2. The molecule has 3 aliphatic rings. The van der Waals surface area contributed by atoms with E-state index in [1.54, 1.807) is 0 Å². The van der Waals surface area contributed by atoms with Crippen LogP contribution in [0, 0.1) is 5.41 Å². The van der Waals surface area contributed by atoms with Gasteiger partial charge in [-0.15, -0.1) is 0 Å². The molecule has 0 radical (unpaired) electrons. The number of carbonyl (C=O) groups excluding carboxylic acids is 1. The van der Waals surface area contributed by atoms with Crippen LogP contribution in [0.25, 0.3) is 0 Å². The van der Waals surface area contributed by atoms with Gasteiger partial charge in [0, 0.05) is 51.2 Å². The predicted molar refractivity (Wildman–Crippen MR) is 79.5 cm³/mol. The summed E-state index contributed by atoms with van der Waals surface area (Å²) in [5, 5.41) is 6.30. The molecule has 112 valence electrons. The molecule has 2 aliphatic heterocycles. The second-order valence-corrected chi connectivity index (χ2v) is 6.61. The van der Waals surface area contributed by atoms with Crippen molar-refractivity contribution in [3.63, 3.8) is 0 Å². The normalized spacial score (nSPS) is 29.6. The van der Waals surface area contributed by atoms with Gasteiger partial charge in [0.25, 0.3) is 0 Å². The van der Waals surface area contributed by atoms with Gasteiger partial charge in [-0.1, -0.05) is 12.2 Å². The van der Waals surface area contributed by atoms with Crippen molar-refractivity contribution in [3.8, 4) is 0 Å². The number of piperazine rings is 1. The maximum atomic E-state index is 12.0. The zero-order valence-corrected chi connectivity index (χ0v) is 12.4. The molecular weight excluding hydrogens is 252 g/mol. The summed E-state index contributed by atoms with van der Waals surface area (Å²) in [6.07, 6.45) is 6.48. The van der Waals surface area contributed by atoms with Gasteiger partial charge in [0.1, 0.15) is 6.04 Å². The molecule has 0 aromatic carbocycles. The number of rotatable bonds is 5. The molecule has 2 fully saturated rings. The van der Waals surface area contributed by atoms with E-state index in [1.807, 2.05) is 12.2 Å². The molecule has 3 rings (SSSR count). The van der Waals surface area contributed by atoms with Crippen LogP contribution in [0.3, 0.4) is 0 Å². The van der Waals surface area contributed by atoms with Gasteiger partial charge in [-0.2, -0.15) is 0 Å². The van der Waals surface area contributed by atoms with Crippen LogP contribution in [-0.2, 0) is 4.79 Å². The Morgan fingerprint density at radius 3 is 2.70 bits per heavy atom. The average molecular weight is 278 g/mol. The monoisotopic (exact) mass is 278 g/mol. The lowest BCUT2D eigenvalue weighted by Gasteiger charge is -2.35. The Bertz CT molecular complexity index is 383. The lowest BCUT2D eigenvalue weighted by Crippen LogP contribution is -2.49. The minimum atomic E-state index is -0.116. The van der Waals surface area contributed by atoms with Gasteiger partial charge in [0.2, 0.25) is 5.91 Å². The van der Waals surface area contributed by atoms with Gasteiger partial charge in [-0.05, 0) is 19.9 Å². The first-order chi connectivity index (χ1) is 9.67. The number of hydrogen-bond acceptors (Lipinski definition) is 4. The molecule has 2 heterocycles. The summed E-state index contributed by atoms with van der Waals surface area (Å²) >= 11 is 0. The molecule has 1 amide bonds. The Balaban J connectivity index is 1.42. The van der Waals surface area contributed by atoms with Crippen LogP contribution < -0.4 is 10.6 Å². The molecule has 1 atom stereocenters. The Labute approximate surface area is 121 Å². The number of nitrogens with one attached hydrogen (secondary N) is 2. The molecule has 1 aliphatic carbocycles. The summed E-state index contributed by atoms with van der Waals surface area (Å²) in [6, 6.07) is -0.116. The minimum Gasteiger partial charge on any atom is -0.354 e. The van der Waals surface area contributed by atoms with E-state index < -0.39 is 0 Å². The van der Waals surface area contributed by atoms with Crippen LogP contribution in [0.15, 0.2) is 12.2 Å². The molecular formula is C15H26N4O. The standard InChI is InChI=1S/C15H26N4O/c1-18-7-9-19(10-8-18)12-15(4-5-15)11-17-14(20)13-3-2-6-16-13/h2-3,13,16H,4-12H2,1H3,(H,17,20)/t13-/m0/s1. The van der Waals surface area contributed by atoms with E-state index >= 15 is 0 Å². The molecule has 1 saturated carbocycles. The highest BCUT2D eigenvalue weighted by molar-refractivity contribution is 5.84. The molecule has 20 heavy (non-hydrogen) atoms. The number of hydrogen-bond donors (Lipinski definition) is 2. The second-order valence-electron chi connectivity index (χ2n) is 6.61. The SMILES string of the molecule is CN1CCN(CC2(CNC(=O)[C@@H]3C=CCN3)CC2)CC1. The van der Waals surface area contributed by atoms with E-state index in [0.29, 0.717) is 5.41 Å². The first-order valence-electron chi connectivity index (χ1n) is 7.76. The Hall–Kier alpha value is -0.910. The second kappa shape index (κ2) is 5.84. The summed E-state index contributed by atoms with van der Waals surface area (Å²) in [7, 11) is 2.19. The lowest BCUT2D eigenvalue weighted by molar-refractivity contribution is -0.122. The highest BCUT2D eigenvalue weighted by Crippen LogP contribution is 2.45. The number of carbonyl (C=O) groups is 1. The van der Waals surface area contributed by atoms with Crippen LogP contribution in [0.5, 0.6) is 0 Å². The molecule has 2 N–H and O–H groups in total. The van der Waals surface area contributed by atoms with E-state index in [4.69, 9.17) is 0 Å². The van der Waals surface area contributed by atoms with Gasteiger partial charge in [0.05, 0.1) is 0 Å². The minimum absolute atomic E-state index is 0.116. The van der Waals surface area contributed by atoms with Crippen molar-refractivity contribution in [2.75, 3.05) is 52.9 Å². The maximum absolute atomic E-state index is 12.0. The lowest BCUT2D eigenvalue weighted by atomic mass is 10.1. The third-order valence-electron chi connectivity index (χ3n) is 4.82. The van der Waals surface area contributed by atoms with Gasteiger partial charge in [0.15, 0.2) is 0 Å². The quantitative estimate of drug-likeness (QED) is 0.676. The number of amides is 1. The fourth-order valence-electron chi connectivity index (χ4n) is 3.08. The number of likely N-dealkylation sites (N-methyl/N-ethyl adjacent to an activating group) is 1. The van der Waals surface area contributed by atoms with Crippen molar-refractivity contribution in [1.29, 1.82) is 0 Å². The molecule has 1 saturated heterocycles. The van der Waals surface area contributed by atoms with E-state index in [-0.39, 0.29) is 11.9 Å². The molecule has 0 unspecified atom stereocenters. The van der Waals surface area contributed by atoms with Crippen molar-refractivity contribution in [3.05, 3.63) is 12.2 Å². The zero-order chi connectivity index (χ0) is 14.0. The third-order valence-corrected chi connectivity index (χ3v) is 4.82. The summed E-state index contributed by atoms with van der Waals surface area (Å²) < 4.78 is 0. The fourth-order valence-corrected chi connectivity index (χ4v) is 3.08. The summed E-state index contributed by atoms with van der Waals surface area (Å²) in [5.41, 5.74) is 0.355. The van der Waals surface area contributed by atoms with Crippen molar-refractivity contribution >= 4 is 5.91 Å². The summed E-state index contributed by atoms with van der Waals surface area (Å²) in [6.45, 7) is 7.46. The Morgan fingerprint density at radius 1 is 1.35 bits per heavy atom. The molecule has 0 aromatic rings. The van der Waals surface area contributed by atoms with Crippen LogP contribution in [0.4, 0.5) is 0 Å². The van der Waals surface area contributed by atoms with Crippen molar-refractivity contribution in [2.45, 2.75) is 18.9 Å². The van der Waals surface area contributed by atoms with E-state index in [1.165, 1.54) is 39.0 Å². The van der Waals surface area contributed by atoms with Gasteiger partial charge >= 0.3 is 0 Å². The molecule has 0 spiro atoms. The fraction of sp³-hybridized carbons (Fsp3) is 0.800. The van der Waals surface area contributed by atoms with Crippen LogP contribution in [0.2, 0.25) is 0 Å². The highest BCUT2D eigenvalue weighted by Gasteiger charge is 2.44. The molecule has 5 heteroatoms. The van der Waals surface area contributed by atoms with E-state index in [0.717, 1.165) is 19.6 Å². The Kier molecular flexibility index (Phi) is 4.10. The third kappa shape index (κ3) is 3.40. The van der Waals surface area contributed by atoms with E-state index in [9.17, 15) is 4.79 Å². The molecule has 0 aromatic heterocycles. The van der Waals surface area contributed by atoms with Gasteiger partial charge in [-0.25, -0.2) is 0 Å². The van der Waals surface area contributed by atoms with Crippen molar-refractivity contribution < 1.29 is 4.79 Å². The van der Waals surface area contributed by atoms with Crippen LogP contribution in [-0.4, -0.2) is 74.6 Å². The largest absolute Gasteiger partial charge is 0.354 e. The topological polar surface area (TPSA) is 47.6 Å².